The fourth-order valence-corrected chi connectivity index (χ4v) is 1.83. The minimum atomic E-state index is -1.11. The molecule has 1 amide bonds. The number of carboxylic acid groups (broad SMARTS) is 1. The minimum absolute atomic E-state index is 0.194. The number of hydrogen-bond acceptors (Lipinski definition) is 3. The van der Waals surface area contributed by atoms with E-state index < -0.39 is 6.09 Å². The maximum absolute atomic E-state index is 11.1. The van der Waals surface area contributed by atoms with Crippen molar-refractivity contribution in [3.63, 3.8) is 0 Å². The highest BCUT2D eigenvalue weighted by molar-refractivity contribution is 5.63. The van der Waals surface area contributed by atoms with Crippen molar-refractivity contribution in [2.75, 3.05) is 0 Å². The highest BCUT2D eigenvalue weighted by atomic mass is 16.7. The van der Waals surface area contributed by atoms with Crippen LogP contribution in [0.5, 0.6) is 0 Å². The van der Waals surface area contributed by atoms with Gasteiger partial charge in [-0.15, -0.1) is 0 Å². The number of benzene rings is 1. The number of rotatable bonds is 4. The molecule has 2 atom stereocenters. The van der Waals surface area contributed by atoms with Gasteiger partial charge in [0.25, 0.3) is 0 Å². The van der Waals surface area contributed by atoms with Crippen molar-refractivity contribution in [3.05, 3.63) is 48.0 Å². The molecular formula is C13H16N2O3. The molecule has 0 fully saturated rings. The van der Waals surface area contributed by atoms with Gasteiger partial charge in [-0.1, -0.05) is 42.5 Å². The van der Waals surface area contributed by atoms with Crippen molar-refractivity contribution in [3.8, 4) is 0 Å². The summed E-state index contributed by atoms with van der Waals surface area (Å²) in [6.07, 6.45) is 2.95. The molecule has 96 valence electrons. The van der Waals surface area contributed by atoms with Crippen LogP contribution in [0.4, 0.5) is 4.79 Å². The number of nitrogens with two attached hydrogens (primary N) is 1. The highest BCUT2D eigenvalue weighted by Gasteiger charge is 2.25. The Hall–Kier alpha value is -1.85. The van der Waals surface area contributed by atoms with E-state index in [2.05, 4.69) is 0 Å². The summed E-state index contributed by atoms with van der Waals surface area (Å²) in [5, 5.41) is 10.1. The van der Waals surface area contributed by atoms with Crippen molar-refractivity contribution < 1.29 is 14.7 Å². The largest absolute Gasteiger partial charge is 0.463 e. The SMILES string of the molecule is N[C@@H]1C=CC[C@@H]1ON(Cc1ccccc1)C(=O)O. The molecule has 0 bridgehead atoms. The van der Waals surface area contributed by atoms with E-state index in [-0.39, 0.29) is 18.7 Å². The fraction of sp³-hybridized carbons (Fsp3) is 0.308. The molecule has 5 nitrogen and oxygen atoms in total. The van der Waals surface area contributed by atoms with E-state index in [1.165, 1.54) is 0 Å². The van der Waals surface area contributed by atoms with Gasteiger partial charge >= 0.3 is 6.09 Å². The third kappa shape index (κ3) is 3.09. The lowest BCUT2D eigenvalue weighted by Crippen LogP contribution is -2.40. The summed E-state index contributed by atoms with van der Waals surface area (Å²) in [7, 11) is 0. The van der Waals surface area contributed by atoms with Gasteiger partial charge < -0.3 is 10.8 Å². The summed E-state index contributed by atoms with van der Waals surface area (Å²) in [5.74, 6) is 0. The predicted molar refractivity (Wildman–Crippen MR) is 66.6 cm³/mol. The quantitative estimate of drug-likeness (QED) is 0.628. The van der Waals surface area contributed by atoms with E-state index >= 15 is 0 Å². The molecule has 0 aromatic heterocycles. The van der Waals surface area contributed by atoms with Crippen molar-refractivity contribution >= 4 is 6.09 Å². The number of hydrogen-bond donors (Lipinski definition) is 2. The van der Waals surface area contributed by atoms with E-state index in [1.807, 2.05) is 42.5 Å². The average molecular weight is 248 g/mol. The Balaban J connectivity index is 1.98. The normalized spacial score (nSPS) is 22.1. The summed E-state index contributed by atoms with van der Waals surface area (Å²) < 4.78 is 0. The summed E-state index contributed by atoms with van der Waals surface area (Å²) in [4.78, 5) is 16.6. The monoisotopic (exact) mass is 248 g/mol. The average Bonchev–Trinajstić information content (AvgIpc) is 2.75. The van der Waals surface area contributed by atoms with Crippen LogP contribution in [-0.4, -0.2) is 28.4 Å². The Morgan fingerprint density at radius 3 is 2.72 bits per heavy atom. The van der Waals surface area contributed by atoms with Crippen LogP contribution in [0.1, 0.15) is 12.0 Å². The molecule has 0 spiro atoms. The Morgan fingerprint density at radius 1 is 1.44 bits per heavy atom. The smallest absolute Gasteiger partial charge is 0.431 e. The zero-order chi connectivity index (χ0) is 13.0. The molecule has 1 aromatic rings. The van der Waals surface area contributed by atoms with Crippen molar-refractivity contribution in [1.82, 2.24) is 5.06 Å². The van der Waals surface area contributed by atoms with Crippen LogP contribution in [0.15, 0.2) is 42.5 Å². The molecule has 1 aromatic carbocycles. The molecule has 3 N–H and O–H groups in total. The predicted octanol–water partition coefficient (Wildman–Crippen LogP) is 1.75. The van der Waals surface area contributed by atoms with Crippen LogP contribution >= 0.6 is 0 Å². The molecule has 0 saturated heterocycles. The maximum atomic E-state index is 11.1. The van der Waals surface area contributed by atoms with Gasteiger partial charge in [-0.05, 0) is 12.0 Å². The Labute approximate surface area is 105 Å². The first-order valence-corrected chi connectivity index (χ1v) is 5.80. The zero-order valence-electron chi connectivity index (χ0n) is 9.90. The first-order chi connectivity index (χ1) is 8.66. The van der Waals surface area contributed by atoms with E-state index in [9.17, 15) is 4.79 Å². The first-order valence-electron chi connectivity index (χ1n) is 5.80. The Bertz CT molecular complexity index is 433. The molecule has 1 aliphatic rings. The van der Waals surface area contributed by atoms with Crippen molar-refractivity contribution in [2.45, 2.75) is 25.1 Å². The summed E-state index contributed by atoms with van der Waals surface area (Å²) in [5.41, 5.74) is 6.66. The second-order valence-electron chi connectivity index (χ2n) is 4.19. The van der Waals surface area contributed by atoms with Crippen LogP contribution in [0.25, 0.3) is 0 Å². The highest BCUT2D eigenvalue weighted by Crippen LogP contribution is 2.16. The molecule has 0 saturated carbocycles. The van der Waals surface area contributed by atoms with Gasteiger partial charge in [-0.25, -0.2) is 4.79 Å². The molecule has 0 radical (unpaired) electrons. The van der Waals surface area contributed by atoms with E-state index in [0.717, 1.165) is 10.6 Å². The van der Waals surface area contributed by atoms with Crippen LogP contribution < -0.4 is 5.73 Å². The molecule has 2 rings (SSSR count). The third-order valence-electron chi connectivity index (χ3n) is 2.80. The van der Waals surface area contributed by atoms with E-state index in [4.69, 9.17) is 15.7 Å². The van der Waals surface area contributed by atoms with Gasteiger partial charge in [-0.2, -0.15) is 5.06 Å². The van der Waals surface area contributed by atoms with E-state index in [1.54, 1.807) is 0 Å². The first kappa shape index (κ1) is 12.6. The maximum Gasteiger partial charge on any atom is 0.431 e. The van der Waals surface area contributed by atoms with Gasteiger partial charge in [-0.3, -0.25) is 4.84 Å². The molecule has 5 heteroatoms. The zero-order valence-corrected chi connectivity index (χ0v) is 9.90. The van der Waals surface area contributed by atoms with Crippen LogP contribution in [-0.2, 0) is 11.4 Å². The van der Waals surface area contributed by atoms with Gasteiger partial charge in [0.1, 0.15) is 6.10 Å². The second-order valence-corrected chi connectivity index (χ2v) is 4.19. The lowest BCUT2D eigenvalue weighted by Gasteiger charge is -2.24. The third-order valence-corrected chi connectivity index (χ3v) is 2.80. The van der Waals surface area contributed by atoms with Crippen LogP contribution in [0.3, 0.4) is 0 Å². The molecule has 0 aliphatic heterocycles. The van der Waals surface area contributed by atoms with Gasteiger partial charge in [0, 0.05) is 0 Å². The van der Waals surface area contributed by atoms with Crippen molar-refractivity contribution in [2.24, 2.45) is 5.73 Å². The number of nitrogens with zero attached hydrogens (tertiary/aromatic N) is 1. The second kappa shape index (κ2) is 5.66. The summed E-state index contributed by atoms with van der Waals surface area (Å²) in [6.45, 7) is 0.194. The summed E-state index contributed by atoms with van der Waals surface area (Å²) >= 11 is 0. The lowest BCUT2D eigenvalue weighted by molar-refractivity contribution is -0.176. The minimum Gasteiger partial charge on any atom is -0.463 e. The Kier molecular flexibility index (Phi) is 3.96. The standard InChI is InChI=1S/C13H16N2O3/c14-11-7-4-8-12(11)18-15(13(16)17)9-10-5-2-1-3-6-10/h1-7,11-12H,8-9,14H2,(H,16,17)/t11-,12+/m1/s1. The van der Waals surface area contributed by atoms with Gasteiger partial charge in [0.2, 0.25) is 0 Å². The lowest BCUT2D eigenvalue weighted by atomic mass is 10.2. The van der Waals surface area contributed by atoms with Gasteiger partial charge in [0.15, 0.2) is 0 Å². The van der Waals surface area contributed by atoms with Crippen LogP contribution in [0, 0.1) is 0 Å². The molecule has 0 unspecified atom stereocenters. The topological polar surface area (TPSA) is 75.8 Å². The molecular weight excluding hydrogens is 232 g/mol. The molecule has 18 heavy (non-hydrogen) atoms. The molecule has 1 aliphatic carbocycles. The number of carbonyl (C=O) groups is 1. The van der Waals surface area contributed by atoms with Crippen molar-refractivity contribution in [1.29, 1.82) is 0 Å². The fourth-order valence-electron chi connectivity index (χ4n) is 1.83. The number of hydroxylamine groups is 2. The summed E-state index contributed by atoms with van der Waals surface area (Å²) in [6, 6.07) is 9.06. The van der Waals surface area contributed by atoms with Crippen LogP contribution in [0.2, 0.25) is 0 Å². The molecule has 0 heterocycles. The Morgan fingerprint density at radius 2 is 2.17 bits per heavy atom. The van der Waals surface area contributed by atoms with E-state index in [0.29, 0.717) is 6.42 Å². The van der Waals surface area contributed by atoms with Gasteiger partial charge in [0.05, 0.1) is 12.6 Å². The number of amides is 1.